The van der Waals surface area contributed by atoms with Gasteiger partial charge in [-0.1, -0.05) is 50.1 Å². The van der Waals surface area contributed by atoms with Gasteiger partial charge in [0.25, 0.3) is 0 Å². The maximum Gasteiger partial charge on any atom is 0.0434 e. The van der Waals surface area contributed by atoms with Crippen LogP contribution in [0.4, 0.5) is 0 Å². The van der Waals surface area contributed by atoms with Gasteiger partial charge >= 0.3 is 0 Å². The van der Waals surface area contributed by atoms with E-state index in [2.05, 4.69) is 49.2 Å². The molecule has 1 aliphatic rings. The molecular formula is C18H25N. The van der Waals surface area contributed by atoms with Crippen LogP contribution in [0.1, 0.15) is 57.6 Å². The molecule has 0 saturated heterocycles. The summed E-state index contributed by atoms with van der Waals surface area (Å²) in [5.41, 5.74) is 2.76. The average Bonchev–Trinajstić information content (AvgIpc) is 2.48. The Hall–Kier alpha value is -1.37. The van der Waals surface area contributed by atoms with Crippen molar-refractivity contribution in [3.63, 3.8) is 0 Å². The van der Waals surface area contributed by atoms with Crippen LogP contribution >= 0.6 is 0 Å². The Bertz CT molecular complexity index is 430. The Morgan fingerprint density at radius 1 is 1.32 bits per heavy atom. The van der Waals surface area contributed by atoms with E-state index in [1.165, 1.54) is 37.0 Å². The molecule has 1 nitrogen and oxygen atoms in total. The highest BCUT2D eigenvalue weighted by Crippen LogP contribution is 2.31. The molecule has 1 heterocycles. The first-order chi connectivity index (χ1) is 9.33. The normalized spacial score (nSPS) is 20.1. The number of pyridine rings is 1. The van der Waals surface area contributed by atoms with Crippen LogP contribution < -0.4 is 0 Å². The molecule has 1 aromatic rings. The van der Waals surface area contributed by atoms with E-state index < -0.39 is 0 Å². The highest BCUT2D eigenvalue weighted by molar-refractivity contribution is 5.24. The zero-order chi connectivity index (χ0) is 13.5. The Morgan fingerprint density at radius 2 is 2.21 bits per heavy atom. The molecule has 0 N–H and O–H groups in total. The second kappa shape index (κ2) is 7.28. The fraction of sp³-hybridized carbons (Fsp3) is 0.500. The van der Waals surface area contributed by atoms with Gasteiger partial charge in [-0.05, 0) is 43.7 Å². The Kier molecular flexibility index (Phi) is 5.38. The molecule has 2 rings (SSSR count). The van der Waals surface area contributed by atoms with E-state index in [0.717, 1.165) is 6.42 Å². The van der Waals surface area contributed by atoms with Crippen molar-refractivity contribution in [2.45, 2.75) is 51.9 Å². The zero-order valence-electron chi connectivity index (χ0n) is 12.2. The molecule has 0 bridgehead atoms. The van der Waals surface area contributed by atoms with Gasteiger partial charge in [-0.2, -0.15) is 0 Å². The molecule has 0 aliphatic heterocycles. The van der Waals surface area contributed by atoms with E-state index >= 15 is 0 Å². The van der Waals surface area contributed by atoms with Crippen LogP contribution in [0.2, 0.25) is 0 Å². The maximum absolute atomic E-state index is 4.56. The van der Waals surface area contributed by atoms with Crippen molar-refractivity contribution < 1.29 is 0 Å². The molecule has 1 aromatic heterocycles. The van der Waals surface area contributed by atoms with Crippen LogP contribution in [-0.2, 0) is 0 Å². The van der Waals surface area contributed by atoms with Gasteiger partial charge in [-0.3, -0.25) is 4.98 Å². The van der Waals surface area contributed by atoms with Crippen molar-refractivity contribution >= 4 is 0 Å². The van der Waals surface area contributed by atoms with E-state index in [1.807, 2.05) is 12.3 Å². The summed E-state index contributed by atoms with van der Waals surface area (Å²) < 4.78 is 0. The third-order valence-corrected chi connectivity index (χ3v) is 3.96. The number of allylic oxidation sites excluding steroid dienone is 4. The molecular weight excluding hydrogens is 230 g/mol. The number of hydrogen-bond donors (Lipinski definition) is 0. The van der Waals surface area contributed by atoms with E-state index in [9.17, 15) is 0 Å². The smallest absolute Gasteiger partial charge is 0.0434 e. The largest absolute Gasteiger partial charge is 0.261 e. The minimum Gasteiger partial charge on any atom is -0.261 e. The predicted octanol–water partition coefficient (Wildman–Crippen LogP) is 5.27. The summed E-state index contributed by atoms with van der Waals surface area (Å²) in [5.74, 6) is 1.30. The Morgan fingerprint density at radius 3 is 2.89 bits per heavy atom. The van der Waals surface area contributed by atoms with Crippen LogP contribution in [0.15, 0.2) is 48.2 Å². The van der Waals surface area contributed by atoms with E-state index in [0.29, 0.717) is 11.8 Å². The first-order valence-electron chi connectivity index (χ1n) is 7.61. The van der Waals surface area contributed by atoms with Crippen LogP contribution in [0.25, 0.3) is 0 Å². The van der Waals surface area contributed by atoms with Gasteiger partial charge in [0.05, 0.1) is 0 Å². The summed E-state index contributed by atoms with van der Waals surface area (Å²) >= 11 is 0. The quantitative estimate of drug-likeness (QED) is 0.675. The summed E-state index contributed by atoms with van der Waals surface area (Å²) in [6, 6.07) is 6.30. The lowest BCUT2D eigenvalue weighted by atomic mass is 9.83. The molecule has 2 unspecified atom stereocenters. The molecule has 0 amide bonds. The van der Waals surface area contributed by atoms with Crippen LogP contribution in [0, 0.1) is 5.92 Å². The van der Waals surface area contributed by atoms with Crippen LogP contribution in [0.3, 0.4) is 0 Å². The summed E-state index contributed by atoms with van der Waals surface area (Å²) in [6.45, 7) is 4.50. The third kappa shape index (κ3) is 4.05. The lowest BCUT2D eigenvalue weighted by molar-refractivity contribution is 0.469. The van der Waals surface area contributed by atoms with Crippen molar-refractivity contribution in [1.82, 2.24) is 4.98 Å². The summed E-state index contributed by atoms with van der Waals surface area (Å²) in [4.78, 5) is 4.56. The fourth-order valence-corrected chi connectivity index (χ4v) is 2.94. The molecule has 0 fully saturated rings. The monoisotopic (exact) mass is 255 g/mol. The zero-order valence-corrected chi connectivity index (χ0v) is 12.2. The standard InChI is InChI=1S/C18H25N/c1-3-8-17(18-11-5-6-12-19-18)14-16-10-7-9-15(4-2)13-16/h5-7,9,11-13,16-17H,3-4,8,10,14H2,1-2H3. The minimum atomic E-state index is 0.608. The van der Waals surface area contributed by atoms with Gasteiger partial charge in [-0.25, -0.2) is 0 Å². The number of aromatic nitrogens is 1. The predicted molar refractivity (Wildman–Crippen MR) is 82.1 cm³/mol. The summed E-state index contributed by atoms with van der Waals surface area (Å²) in [7, 11) is 0. The number of nitrogens with zero attached hydrogens (tertiary/aromatic N) is 1. The number of rotatable bonds is 6. The number of hydrogen-bond acceptors (Lipinski definition) is 1. The van der Waals surface area contributed by atoms with Crippen molar-refractivity contribution in [3.05, 3.63) is 53.9 Å². The second-order valence-corrected chi connectivity index (χ2v) is 5.47. The molecule has 1 heteroatoms. The van der Waals surface area contributed by atoms with E-state index in [-0.39, 0.29) is 0 Å². The van der Waals surface area contributed by atoms with Crippen molar-refractivity contribution in [1.29, 1.82) is 0 Å². The minimum absolute atomic E-state index is 0.608. The molecule has 0 aromatic carbocycles. The third-order valence-electron chi connectivity index (χ3n) is 3.96. The molecule has 2 atom stereocenters. The molecule has 19 heavy (non-hydrogen) atoms. The highest BCUT2D eigenvalue weighted by Gasteiger charge is 2.18. The lowest BCUT2D eigenvalue weighted by Crippen LogP contribution is -2.09. The molecule has 1 aliphatic carbocycles. The highest BCUT2D eigenvalue weighted by atomic mass is 14.7. The second-order valence-electron chi connectivity index (χ2n) is 5.47. The summed E-state index contributed by atoms with van der Waals surface area (Å²) in [5, 5.41) is 0. The Labute approximate surface area is 117 Å². The first-order valence-corrected chi connectivity index (χ1v) is 7.61. The van der Waals surface area contributed by atoms with Crippen molar-refractivity contribution in [2.24, 2.45) is 5.92 Å². The van der Waals surface area contributed by atoms with E-state index in [4.69, 9.17) is 0 Å². The van der Waals surface area contributed by atoms with Crippen LogP contribution in [-0.4, -0.2) is 4.98 Å². The average molecular weight is 255 g/mol. The van der Waals surface area contributed by atoms with Gasteiger partial charge < -0.3 is 0 Å². The molecule has 0 spiro atoms. The van der Waals surface area contributed by atoms with Gasteiger partial charge in [0.15, 0.2) is 0 Å². The lowest BCUT2D eigenvalue weighted by Gasteiger charge is -2.22. The SMILES string of the molecule is CCCC(CC1C=C(CC)C=CC1)c1ccccn1. The maximum atomic E-state index is 4.56. The van der Waals surface area contributed by atoms with Gasteiger partial charge in [-0.15, -0.1) is 0 Å². The topological polar surface area (TPSA) is 12.9 Å². The molecule has 102 valence electrons. The van der Waals surface area contributed by atoms with Crippen molar-refractivity contribution in [3.8, 4) is 0 Å². The van der Waals surface area contributed by atoms with E-state index in [1.54, 1.807) is 0 Å². The van der Waals surface area contributed by atoms with Gasteiger partial charge in [0.2, 0.25) is 0 Å². The van der Waals surface area contributed by atoms with Gasteiger partial charge in [0.1, 0.15) is 0 Å². The van der Waals surface area contributed by atoms with Crippen molar-refractivity contribution in [2.75, 3.05) is 0 Å². The fourth-order valence-electron chi connectivity index (χ4n) is 2.94. The first kappa shape index (κ1) is 14.0. The molecule has 0 radical (unpaired) electrons. The van der Waals surface area contributed by atoms with Gasteiger partial charge in [0, 0.05) is 17.8 Å². The molecule has 0 saturated carbocycles. The summed E-state index contributed by atoms with van der Waals surface area (Å²) in [6.07, 6.45) is 15.1. The Balaban J connectivity index is 2.05. The van der Waals surface area contributed by atoms with Crippen LogP contribution in [0.5, 0.6) is 0 Å².